The van der Waals surface area contributed by atoms with E-state index < -0.39 is 18.2 Å². The van der Waals surface area contributed by atoms with Gasteiger partial charge in [-0.2, -0.15) is 0 Å². The third kappa shape index (κ3) is 36.3. The van der Waals surface area contributed by atoms with Crippen LogP contribution in [0, 0.1) is 0 Å². The molecule has 0 radical (unpaired) electrons. The third-order valence-corrected chi connectivity index (χ3v) is 9.68. The maximum Gasteiger partial charge on any atom is 0.306 e. The van der Waals surface area contributed by atoms with Crippen LogP contribution < -0.4 is 5.32 Å². The zero-order valence-corrected chi connectivity index (χ0v) is 34.6. The Labute approximate surface area is 327 Å². The smallest absolute Gasteiger partial charge is 0.306 e. The minimum Gasteiger partial charge on any atom is -0.462 e. The van der Waals surface area contributed by atoms with E-state index in [2.05, 4.69) is 50.4 Å². The van der Waals surface area contributed by atoms with Crippen molar-refractivity contribution in [2.45, 2.75) is 219 Å². The van der Waals surface area contributed by atoms with Gasteiger partial charge in [0.25, 0.3) is 0 Å². The molecule has 6 nitrogen and oxygen atoms in total. The summed E-state index contributed by atoms with van der Waals surface area (Å²) in [7, 11) is 0. The first-order valence-corrected chi connectivity index (χ1v) is 22.1. The second-order valence-electron chi connectivity index (χ2n) is 14.8. The van der Waals surface area contributed by atoms with Gasteiger partial charge < -0.3 is 20.3 Å². The molecule has 3 atom stereocenters. The molecule has 0 bridgehead atoms. The van der Waals surface area contributed by atoms with Crippen LogP contribution in [-0.4, -0.2) is 46.9 Å². The number of unbranched alkanes of at least 4 members (excludes halogenated alkanes) is 19. The predicted octanol–water partition coefficient (Wildman–Crippen LogP) is 12.5. The summed E-state index contributed by atoms with van der Waals surface area (Å²) in [6, 6.07) is -0.723. The molecule has 6 heteroatoms. The van der Waals surface area contributed by atoms with Crippen LogP contribution in [0.3, 0.4) is 0 Å². The normalized spacial score (nSPS) is 14.0. The average molecular weight is 742 g/mol. The zero-order valence-electron chi connectivity index (χ0n) is 34.6. The number of hydrogen-bond donors (Lipinski definition) is 3. The summed E-state index contributed by atoms with van der Waals surface area (Å²) in [4.78, 5) is 25.9. The van der Waals surface area contributed by atoms with Crippen molar-refractivity contribution in [3.8, 4) is 0 Å². The largest absolute Gasteiger partial charge is 0.462 e. The SMILES string of the molecule is CC/C=C/C=C/C=C\C=C/CCCC(CC(=O)NC(CO)C(O)CCCCCCCCCCC)OC(=O)CCCCC/C=C\CCCCCCCCC. The van der Waals surface area contributed by atoms with E-state index in [1.54, 1.807) is 0 Å². The first-order valence-electron chi connectivity index (χ1n) is 22.1. The topological polar surface area (TPSA) is 95.9 Å². The van der Waals surface area contributed by atoms with E-state index in [9.17, 15) is 19.8 Å². The Balaban J connectivity index is 4.71. The molecule has 0 saturated carbocycles. The summed E-state index contributed by atoms with van der Waals surface area (Å²) in [5.41, 5.74) is 0. The number of ether oxygens (including phenoxy) is 1. The molecule has 0 aromatic rings. The van der Waals surface area contributed by atoms with Crippen molar-refractivity contribution >= 4 is 11.9 Å². The van der Waals surface area contributed by atoms with E-state index in [1.807, 2.05) is 36.5 Å². The van der Waals surface area contributed by atoms with Crippen LogP contribution in [-0.2, 0) is 14.3 Å². The Bertz CT molecular complexity index is 968. The number of amides is 1. The standard InChI is InChI=1S/C47H83NO5/c1-4-7-10-13-16-19-21-22-23-25-28-31-34-37-40-47(52)53-43(38-35-32-29-27-24-20-17-14-11-8-5-2)41-46(51)48-44(42-49)45(50)39-36-33-30-26-18-15-12-9-6-3/h8,11,14,17,20,23-25,27,29,43-45,49-50H,4-7,9-10,12-13,15-16,18-19,21-22,26,28,30-42H2,1-3H3,(H,48,51)/b11-8+,17-14+,24-20-,25-23-,29-27-. The maximum absolute atomic E-state index is 13.1. The van der Waals surface area contributed by atoms with Gasteiger partial charge in [0, 0.05) is 6.42 Å². The molecule has 0 aliphatic heterocycles. The number of carbonyl (C=O) groups excluding carboxylic acids is 2. The van der Waals surface area contributed by atoms with Gasteiger partial charge in [0.1, 0.15) is 6.10 Å². The lowest BCUT2D eigenvalue weighted by atomic mass is 10.0. The molecular weight excluding hydrogens is 659 g/mol. The van der Waals surface area contributed by atoms with E-state index in [-0.39, 0.29) is 24.9 Å². The summed E-state index contributed by atoms with van der Waals surface area (Å²) in [6.07, 6.45) is 48.6. The molecule has 0 saturated heterocycles. The lowest BCUT2D eigenvalue weighted by molar-refractivity contribution is -0.151. The van der Waals surface area contributed by atoms with Crippen molar-refractivity contribution in [3.63, 3.8) is 0 Å². The van der Waals surface area contributed by atoms with Gasteiger partial charge in [0.2, 0.25) is 5.91 Å². The van der Waals surface area contributed by atoms with Crippen molar-refractivity contribution in [1.29, 1.82) is 0 Å². The Morgan fingerprint density at radius 3 is 1.62 bits per heavy atom. The molecule has 0 aromatic carbocycles. The molecule has 0 aliphatic carbocycles. The summed E-state index contributed by atoms with van der Waals surface area (Å²) in [5, 5.41) is 23.5. The molecule has 0 spiro atoms. The van der Waals surface area contributed by atoms with Gasteiger partial charge in [0.15, 0.2) is 0 Å². The van der Waals surface area contributed by atoms with Crippen LogP contribution in [0.2, 0.25) is 0 Å². The Hall–Kier alpha value is -2.44. The van der Waals surface area contributed by atoms with Crippen LogP contribution in [0.15, 0.2) is 60.8 Å². The molecule has 1 amide bonds. The van der Waals surface area contributed by atoms with Gasteiger partial charge in [-0.15, -0.1) is 0 Å². The van der Waals surface area contributed by atoms with Gasteiger partial charge in [0.05, 0.1) is 25.2 Å². The van der Waals surface area contributed by atoms with Crippen LogP contribution in [0.25, 0.3) is 0 Å². The highest BCUT2D eigenvalue weighted by Crippen LogP contribution is 2.16. The van der Waals surface area contributed by atoms with Gasteiger partial charge in [-0.05, 0) is 64.2 Å². The molecule has 0 rings (SSSR count). The molecule has 0 fully saturated rings. The molecule has 3 unspecified atom stereocenters. The molecule has 0 aromatic heterocycles. The van der Waals surface area contributed by atoms with E-state index in [1.165, 1.54) is 83.5 Å². The summed E-state index contributed by atoms with van der Waals surface area (Å²) < 4.78 is 5.84. The first kappa shape index (κ1) is 50.6. The van der Waals surface area contributed by atoms with Gasteiger partial charge in [-0.25, -0.2) is 0 Å². The molecule has 0 aliphatic rings. The van der Waals surface area contributed by atoms with E-state index in [0.29, 0.717) is 19.3 Å². The minimum atomic E-state index is -0.805. The zero-order chi connectivity index (χ0) is 38.9. The maximum atomic E-state index is 13.1. The lowest BCUT2D eigenvalue weighted by Crippen LogP contribution is -2.46. The van der Waals surface area contributed by atoms with E-state index >= 15 is 0 Å². The van der Waals surface area contributed by atoms with Gasteiger partial charge >= 0.3 is 5.97 Å². The molecule has 3 N–H and O–H groups in total. The average Bonchev–Trinajstić information content (AvgIpc) is 3.15. The van der Waals surface area contributed by atoms with Crippen molar-refractivity contribution < 1.29 is 24.5 Å². The van der Waals surface area contributed by atoms with Crippen molar-refractivity contribution in [2.75, 3.05) is 6.61 Å². The van der Waals surface area contributed by atoms with E-state index in [4.69, 9.17) is 4.74 Å². The van der Waals surface area contributed by atoms with Crippen LogP contribution in [0.1, 0.15) is 201 Å². The number of hydrogen-bond acceptors (Lipinski definition) is 5. The number of allylic oxidation sites excluding steroid dienone is 10. The Morgan fingerprint density at radius 2 is 1.06 bits per heavy atom. The first-order chi connectivity index (χ1) is 26.0. The third-order valence-electron chi connectivity index (χ3n) is 9.68. The highest BCUT2D eigenvalue weighted by Gasteiger charge is 2.23. The number of rotatable bonds is 38. The predicted molar refractivity (Wildman–Crippen MR) is 227 cm³/mol. The number of aliphatic hydroxyl groups excluding tert-OH is 2. The number of aliphatic hydroxyl groups is 2. The summed E-state index contributed by atoms with van der Waals surface area (Å²) in [6.45, 7) is 6.27. The second-order valence-corrected chi connectivity index (χ2v) is 14.8. The molecule has 306 valence electrons. The quantitative estimate of drug-likeness (QED) is 0.0253. The molecule has 0 heterocycles. The van der Waals surface area contributed by atoms with Crippen molar-refractivity contribution in [3.05, 3.63) is 60.8 Å². The van der Waals surface area contributed by atoms with Crippen molar-refractivity contribution in [2.24, 2.45) is 0 Å². The fourth-order valence-corrected chi connectivity index (χ4v) is 6.32. The molecule has 53 heavy (non-hydrogen) atoms. The van der Waals surface area contributed by atoms with Gasteiger partial charge in [-0.1, -0.05) is 184 Å². The van der Waals surface area contributed by atoms with Crippen LogP contribution >= 0.6 is 0 Å². The fourth-order valence-electron chi connectivity index (χ4n) is 6.32. The van der Waals surface area contributed by atoms with Crippen LogP contribution in [0.5, 0.6) is 0 Å². The van der Waals surface area contributed by atoms with Crippen molar-refractivity contribution in [1.82, 2.24) is 5.32 Å². The van der Waals surface area contributed by atoms with E-state index in [0.717, 1.165) is 70.6 Å². The highest BCUT2D eigenvalue weighted by molar-refractivity contribution is 5.77. The Morgan fingerprint density at radius 1 is 0.566 bits per heavy atom. The second kappa shape index (κ2) is 40.7. The number of carbonyl (C=O) groups is 2. The molecular formula is C47H83NO5. The minimum absolute atomic E-state index is 0.0240. The summed E-state index contributed by atoms with van der Waals surface area (Å²) in [5.74, 6) is -0.567. The monoisotopic (exact) mass is 742 g/mol. The number of nitrogens with one attached hydrogen (secondary N) is 1. The fraction of sp³-hybridized carbons (Fsp3) is 0.745. The highest BCUT2D eigenvalue weighted by atomic mass is 16.5. The Kier molecular flexibility index (Phi) is 38.9. The summed E-state index contributed by atoms with van der Waals surface area (Å²) >= 11 is 0. The van der Waals surface area contributed by atoms with Gasteiger partial charge in [-0.3, -0.25) is 9.59 Å². The van der Waals surface area contributed by atoms with Crippen LogP contribution in [0.4, 0.5) is 0 Å². The number of esters is 1. The lowest BCUT2D eigenvalue weighted by Gasteiger charge is -2.24.